The molecule has 0 fully saturated rings. The maximum atomic E-state index is 6.29. The number of hydrogen-bond acceptors (Lipinski definition) is 5. The summed E-state index contributed by atoms with van der Waals surface area (Å²) in [5.41, 5.74) is 7.36. The van der Waals surface area contributed by atoms with Gasteiger partial charge in [0, 0.05) is 17.3 Å². The minimum Gasteiger partial charge on any atom is -0.339 e. The SMILES string of the molecule is CC(c1nc(Cc2cccs2)no1)C(N)c1ccccc1. The van der Waals surface area contributed by atoms with Gasteiger partial charge in [0.15, 0.2) is 5.82 Å². The van der Waals surface area contributed by atoms with Gasteiger partial charge in [-0.1, -0.05) is 48.5 Å². The molecule has 5 heteroatoms. The van der Waals surface area contributed by atoms with E-state index in [2.05, 4.69) is 16.2 Å². The Bertz CT molecular complexity index is 679. The van der Waals surface area contributed by atoms with E-state index in [1.165, 1.54) is 4.88 Å². The van der Waals surface area contributed by atoms with Crippen LogP contribution >= 0.6 is 11.3 Å². The van der Waals surface area contributed by atoms with Gasteiger partial charge >= 0.3 is 0 Å². The van der Waals surface area contributed by atoms with E-state index in [0.717, 1.165) is 5.56 Å². The van der Waals surface area contributed by atoms with Gasteiger partial charge in [0.2, 0.25) is 5.89 Å². The standard InChI is InChI=1S/C16H17N3OS/c1-11(15(17)12-6-3-2-4-7-12)16-18-14(19-20-16)10-13-8-5-9-21-13/h2-9,11,15H,10,17H2,1H3. The Morgan fingerprint density at radius 2 is 2.00 bits per heavy atom. The van der Waals surface area contributed by atoms with Crippen molar-refractivity contribution < 1.29 is 4.52 Å². The van der Waals surface area contributed by atoms with Crippen molar-refractivity contribution in [1.29, 1.82) is 0 Å². The lowest BCUT2D eigenvalue weighted by Gasteiger charge is -2.16. The normalized spacial score (nSPS) is 14.0. The highest BCUT2D eigenvalue weighted by Gasteiger charge is 2.22. The molecular formula is C16H17N3OS. The van der Waals surface area contributed by atoms with Crippen molar-refractivity contribution in [3.8, 4) is 0 Å². The van der Waals surface area contributed by atoms with Crippen molar-refractivity contribution in [2.75, 3.05) is 0 Å². The van der Waals surface area contributed by atoms with E-state index >= 15 is 0 Å². The third-order valence-corrected chi connectivity index (χ3v) is 4.39. The van der Waals surface area contributed by atoms with Crippen LogP contribution in [-0.4, -0.2) is 10.1 Å². The van der Waals surface area contributed by atoms with Gasteiger partial charge in [0.1, 0.15) is 0 Å². The maximum Gasteiger partial charge on any atom is 0.231 e. The zero-order chi connectivity index (χ0) is 14.7. The van der Waals surface area contributed by atoms with Crippen molar-refractivity contribution in [1.82, 2.24) is 10.1 Å². The van der Waals surface area contributed by atoms with Gasteiger partial charge in [-0.05, 0) is 17.0 Å². The summed E-state index contributed by atoms with van der Waals surface area (Å²) in [6.45, 7) is 2.01. The Kier molecular flexibility index (Phi) is 4.13. The van der Waals surface area contributed by atoms with Crippen LogP contribution in [0.1, 0.15) is 41.0 Å². The smallest absolute Gasteiger partial charge is 0.231 e. The van der Waals surface area contributed by atoms with Crippen molar-refractivity contribution in [2.45, 2.75) is 25.3 Å². The highest BCUT2D eigenvalue weighted by atomic mass is 32.1. The lowest BCUT2D eigenvalue weighted by atomic mass is 9.95. The van der Waals surface area contributed by atoms with Crippen LogP contribution in [0, 0.1) is 0 Å². The van der Waals surface area contributed by atoms with Gasteiger partial charge in [-0.3, -0.25) is 0 Å². The van der Waals surface area contributed by atoms with Gasteiger partial charge in [0.05, 0.1) is 5.92 Å². The molecule has 2 atom stereocenters. The zero-order valence-electron chi connectivity index (χ0n) is 11.8. The monoisotopic (exact) mass is 299 g/mol. The summed E-state index contributed by atoms with van der Waals surface area (Å²) in [5.74, 6) is 1.29. The molecule has 2 aromatic heterocycles. The molecule has 0 saturated heterocycles. The lowest BCUT2D eigenvalue weighted by Crippen LogP contribution is -2.17. The van der Waals surface area contributed by atoms with E-state index < -0.39 is 0 Å². The second-order valence-corrected chi connectivity index (χ2v) is 6.06. The van der Waals surface area contributed by atoms with Crippen LogP contribution in [0.15, 0.2) is 52.4 Å². The molecule has 3 rings (SSSR count). The number of benzene rings is 1. The molecule has 0 saturated carbocycles. The number of aromatic nitrogens is 2. The molecule has 0 radical (unpaired) electrons. The van der Waals surface area contributed by atoms with Crippen LogP contribution in [0.3, 0.4) is 0 Å². The molecule has 0 aliphatic rings. The molecule has 4 nitrogen and oxygen atoms in total. The third-order valence-electron chi connectivity index (χ3n) is 3.51. The van der Waals surface area contributed by atoms with Crippen LogP contribution < -0.4 is 5.73 Å². The second kappa shape index (κ2) is 6.20. The molecule has 21 heavy (non-hydrogen) atoms. The fourth-order valence-electron chi connectivity index (χ4n) is 2.21. The fourth-order valence-corrected chi connectivity index (χ4v) is 2.91. The summed E-state index contributed by atoms with van der Waals surface area (Å²) in [6, 6.07) is 13.9. The number of nitrogens with two attached hydrogens (primary N) is 1. The first-order valence-electron chi connectivity index (χ1n) is 6.89. The summed E-state index contributed by atoms with van der Waals surface area (Å²) < 4.78 is 5.38. The maximum absolute atomic E-state index is 6.29. The Morgan fingerprint density at radius 3 is 2.71 bits per heavy atom. The van der Waals surface area contributed by atoms with E-state index in [4.69, 9.17) is 10.3 Å². The first kappa shape index (κ1) is 14.0. The van der Waals surface area contributed by atoms with E-state index in [0.29, 0.717) is 18.1 Å². The summed E-state index contributed by atoms with van der Waals surface area (Å²) in [6.07, 6.45) is 0.703. The molecular weight excluding hydrogens is 282 g/mol. The highest BCUT2D eigenvalue weighted by Crippen LogP contribution is 2.27. The van der Waals surface area contributed by atoms with E-state index in [1.54, 1.807) is 11.3 Å². The molecule has 2 N–H and O–H groups in total. The van der Waals surface area contributed by atoms with Crippen LogP contribution in [0.25, 0.3) is 0 Å². The summed E-state index contributed by atoms with van der Waals surface area (Å²) in [4.78, 5) is 5.70. The lowest BCUT2D eigenvalue weighted by molar-refractivity contribution is 0.340. The van der Waals surface area contributed by atoms with Crippen molar-refractivity contribution in [3.05, 3.63) is 70.0 Å². The molecule has 0 aliphatic carbocycles. The molecule has 108 valence electrons. The summed E-state index contributed by atoms with van der Waals surface area (Å²) in [7, 11) is 0. The number of nitrogens with zero attached hydrogens (tertiary/aromatic N) is 2. The largest absolute Gasteiger partial charge is 0.339 e. The predicted molar refractivity (Wildman–Crippen MR) is 83.2 cm³/mol. The Hall–Kier alpha value is -1.98. The summed E-state index contributed by atoms with van der Waals surface area (Å²) in [5, 5.41) is 6.10. The Morgan fingerprint density at radius 1 is 1.19 bits per heavy atom. The Labute approximate surface area is 127 Å². The topological polar surface area (TPSA) is 64.9 Å². The van der Waals surface area contributed by atoms with Gasteiger partial charge in [-0.2, -0.15) is 4.98 Å². The van der Waals surface area contributed by atoms with Crippen molar-refractivity contribution in [2.24, 2.45) is 5.73 Å². The molecule has 0 amide bonds. The second-order valence-electron chi connectivity index (χ2n) is 5.03. The van der Waals surface area contributed by atoms with Gasteiger partial charge in [0.25, 0.3) is 0 Å². The van der Waals surface area contributed by atoms with Crippen LogP contribution in [0.2, 0.25) is 0 Å². The molecule has 3 aromatic rings. The average Bonchev–Trinajstić information content (AvgIpc) is 3.19. The number of hydrogen-bond donors (Lipinski definition) is 1. The first-order chi connectivity index (χ1) is 10.2. The van der Waals surface area contributed by atoms with E-state index in [1.807, 2.05) is 48.7 Å². The van der Waals surface area contributed by atoms with E-state index in [9.17, 15) is 0 Å². The summed E-state index contributed by atoms with van der Waals surface area (Å²) >= 11 is 1.69. The molecule has 1 aromatic carbocycles. The van der Waals surface area contributed by atoms with Crippen molar-refractivity contribution >= 4 is 11.3 Å². The third kappa shape index (κ3) is 3.20. The highest BCUT2D eigenvalue weighted by molar-refractivity contribution is 7.09. The fraction of sp³-hybridized carbons (Fsp3) is 0.250. The predicted octanol–water partition coefficient (Wildman–Crippen LogP) is 3.53. The molecule has 0 bridgehead atoms. The average molecular weight is 299 g/mol. The quantitative estimate of drug-likeness (QED) is 0.782. The van der Waals surface area contributed by atoms with Crippen LogP contribution in [-0.2, 0) is 6.42 Å². The number of rotatable bonds is 5. The minimum absolute atomic E-state index is 0.0167. The van der Waals surface area contributed by atoms with Crippen LogP contribution in [0.4, 0.5) is 0 Å². The van der Waals surface area contributed by atoms with E-state index in [-0.39, 0.29) is 12.0 Å². The molecule has 0 aliphatic heterocycles. The molecule has 2 heterocycles. The van der Waals surface area contributed by atoms with Gasteiger partial charge in [-0.25, -0.2) is 0 Å². The Balaban J connectivity index is 1.73. The van der Waals surface area contributed by atoms with Crippen LogP contribution in [0.5, 0.6) is 0 Å². The number of thiophene rings is 1. The van der Waals surface area contributed by atoms with Gasteiger partial charge < -0.3 is 10.3 Å². The zero-order valence-corrected chi connectivity index (χ0v) is 12.6. The minimum atomic E-state index is -0.152. The first-order valence-corrected chi connectivity index (χ1v) is 7.77. The van der Waals surface area contributed by atoms with Gasteiger partial charge in [-0.15, -0.1) is 11.3 Å². The van der Waals surface area contributed by atoms with Crippen molar-refractivity contribution in [3.63, 3.8) is 0 Å². The molecule has 2 unspecified atom stereocenters. The molecule has 0 spiro atoms.